The number of aromatic nitrogens is 1. The van der Waals surface area contributed by atoms with E-state index in [0.717, 1.165) is 42.6 Å². The van der Waals surface area contributed by atoms with Crippen LogP contribution in [0.3, 0.4) is 0 Å². The van der Waals surface area contributed by atoms with Gasteiger partial charge in [0.2, 0.25) is 0 Å². The summed E-state index contributed by atoms with van der Waals surface area (Å²) in [6.07, 6.45) is 4.97. The summed E-state index contributed by atoms with van der Waals surface area (Å²) in [6.45, 7) is 3.23. The molecule has 2 heterocycles. The van der Waals surface area contributed by atoms with Crippen molar-refractivity contribution >= 4 is 11.1 Å². The third-order valence-corrected chi connectivity index (χ3v) is 2.97. The SMILES string of the molecule is CCc1coc2ccc(CCCN(C)C)nc12. The van der Waals surface area contributed by atoms with E-state index in [-0.39, 0.29) is 0 Å². The molecule has 0 saturated heterocycles. The summed E-state index contributed by atoms with van der Waals surface area (Å²) in [7, 11) is 4.20. The first-order valence-corrected chi connectivity index (χ1v) is 6.21. The smallest absolute Gasteiger partial charge is 0.152 e. The lowest BCUT2D eigenvalue weighted by atomic mass is 10.1. The fourth-order valence-corrected chi connectivity index (χ4v) is 1.97. The van der Waals surface area contributed by atoms with Crippen LogP contribution in [0.1, 0.15) is 24.6 Å². The van der Waals surface area contributed by atoms with E-state index in [1.54, 1.807) is 0 Å². The number of furan rings is 1. The highest BCUT2D eigenvalue weighted by Gasteiger charge is 2.06. The summed E-state index contributed by atoms with van der Waals surface area (Å²) in [5, 5.41) is 0. The molecular weight excluding hydrogens is 212 g/mol. The fourth-order valence-electron chi connectivity index (χ4n) is 1.97. The summed E-state index contributed by atoms with van der Waals surface area (Å²) in [5.74, 6) is 0. The van der Waals surface area contributed by atoms with Crippen LogP contribution >= 0.6 is 0 Å². The zero-order valence-corrected chi connectivity index (χ0v) is 10.9. The van der Waals surface area contributed by atoms with Crippen LogP contribution < -0.4 is 0 Å². The molecule has 0 unspecified atom stereocenters. The van der Waals surface area contributed by atoms with Gasteiger partial charge in [0.05, 0.1) is 6.26 Å². The van der Waals surface area contributed by atoms with Gasteiger partial charge in [0.15, 0.2) is 5.58 Å². The maximum Gasteiger partial charge on any atom is 0.152 e. The second kappa shape index (κ2) is 5.32. The number of rotatable bonds is 5. The summed E-state index contributed by atoms with van der Waals surface area (Å²) in [5.41, 5.74) is 4.30. The Hall–Kier alpha value is -1.35. The van der Waals surface area contributed by atoms with Gasteiger partial charge in [-0.3, -0.25) is 0 Å². The van der Waals surface area contributed by atoms with Gasteiger partial charge in [0, 0.05) is 11.3 Å². The van der Waals surface area contributed by atoms with Gasteiger partial charge in [-0.2, -0.15) is 0 Å². The summed E-state index contributed by atoms with van der Waals surface area (Å²) in [4.78, 5) is 6.89. The van der Waals surface area contributed by atoms with Crippen LogP contribution in [0.15, 0.2) is 22.8 Å². The molecule has 0 amide bonds. The van der Waals surface area contributed by atoms with Crippen molar-refractivity contribution in [2.45, 2.75) is 26.2 Å². The van der Waals surface area contributed by atoms with E-state index in [0.29, 0.717) is 0 Å². The van der Waals surface area contributed by atoms with E-state index >= 15 is 0 Å². The molecular formula is C14H20N2O. The summed E-state index contributed by atoms with van der Waals surface area (Å²) >= 11 is 0. The van der Waals surface area contributed by atoms with Crippen molar-refractivity contribution in [2.24, 2.45) is 0 Å². The number of nitrogens with zero attached hydrogens (tertiary/aromatic N) is 2. The lowest BCUT2D eigenvalue weighted by molar-refractivity contribution is 0.399. The zero-order valence-electron chi connectivity index (χ0n) is 10.9. The number of aryl methyl sites for hydroxylation is 2. The Labute approximate surface area is 102 Å². The highest BCUT2D eigenvalue weighted by Crippen LogP contribution is 2.20. The third kappa shape index (κ3) is 2.86. The molecule has 0 spiro atoms. The zero-order chi connectivity index (χ0) is 12.3. The van der Waals surface area contributed by atoms with Crippen molar-refractivity contribution in [3.63, 3.8) is 0 Å². The molecule has 0 saturated carbocycles. The Bertz CT molecular complexity index is 488. The average Bonchev–Trinajstić information content (AvgIpc) is 2.70. The molecule has 2 rings (SSSR count). The summed E-state index contributed by atoms with van der Waals surface area (Å²) < 4.78 is 5.47. The quantitative estimate of drug-likeness (QED) is 0.793. The first-order chi connectivity index (χ1) is 8.20. The second-order valence-corrected chi connectivity index (χ2v) is 4.67. The number of hydrogen-bond donors (Lipinski definition) is 0. The van der Waals surface area contributed by atoms with Crippen LogP contribution in [-0.2, 0) is 12.8 Å². The number of pyridine rings is 1. The van der Waals surface area contributed by atoms with E-state index in [1.165, 1.54) is 5.56 Å². The van der Waals surface area contributed by atoms with Crippen molar-refractivity contribution in [3.8, 4) is 0 Å². The van der Waals surface area contributed by atoms with Crippen molar-refractivity contribution in [3.05, 3.63) is 29.7 Å². The van der Waals surface area contributed by atoms with Crippen LogP contribution in [0.25, 0.3) is 11.1 Å². The van der Waals surface area contributed by atoms with E-state index in [1.807, 2.05) is 12.3 Å². The van der Waals surface area contributed by atoms with Gasteiger partial charge in [-0.25, -0.2) is 4.98 Å². The Kier molecular flexibility index (Phi) is 3.79. The summed E-state index contributed by atoms with van der Waals surface area (Å²) in [6, 6.07) is 4.10. The van der Waals surface area contributed by atoms with Crippen LogP contribution in [0.2, 0.25) is 0 Å². The van der Waals surface area contributed by atoms with Gasteiger partial charge in [-0.15, -0.1) is 0 Å². The molecule has 2 aromatic heterocycles. The molecule has 0 aliphatic carbocycles. The predicted molar refractivity (Wildman–Crippen MR) is 70.3 cm³/mol. The van der Waals surface area contributed by atoms with Gasteiger partial charge in [0.25, 0.3) is 0 Å². The minimum atomic E-state index is 0.901. The lowest BCUT2D eigenvalue weighted by Gasteiger charge is -2.08. The van der Waals surface area contributed by atoms with Gasteiger partial charge in [-0.1, -0.05) is 6.92 Å². The van der Waals surface area contributed by atoms with E-state index in [9.17, 15) is 0 Å². The predicted octanol–water partition coefficient (Wildman–Crippen LogP) is 2.88. The standard InChI is InChI=1S/C14H20N2O/c1-4-11-10-17-13-8-7-12(15-14(11)13)6-5-9-16(2)3/h7-8,10H,4-6,9H2,1-3H3. The lowest BCUT2D eigenvalue weighted by Crippen LogP contribution is -2.13. The maximum absolute atomic E-state index is 5.47. The third-order valence-electron chi connectivity index (χ3n) is 2.97. The normalized spacial score (nSPS) is 11.5. The van der Waals surface area contributed by atoms with E-state index in [4.69, 9.17) is 9.40 Å². The Morgan fingerprint density at radius 3 is 2.82 bits per heavy atom. The number of fused-ring (bicyclic) bond motifs is 1. The molecule has 92 valence electrons. The van der Waals surface area contributed by atoms with Crippen molar-refractivity contribution in [2.75, 3.05) is 20.6 Å². The first-order valence-electron chi connectivity index (χ1n) is 6.21. The van der Waals surface area contributed by atoms with E-state index in [2.05, 4.69) is 32.0 Å². The molecule has 17 heavy (non-hydrogen) atoms. The molecule has 3 nitrogen and oxygen atoms in total. The van der Waals surface area contributed by atoms with Crippen molar-refractivity contribution in [1.29, 1.82) is 0 Å². The van der Waals surface area contributed by atoms with Crippen molar-refractivity contribution < 1.29 is 4.42 Å². The fraction of sp³-hybridized carbons (Fsp3) is 0.500. The first kappa shape index (κ1) is 12.1. The average molecular weight is 232 g/mol. The maximum atomic E-state index is 5.47. The molecule has 0 N–H and O–H groups in total. The molecule has 0 aliphatic heterocycles. The molecule has 2 aromatic rings. The van der Waals surface area contributed by atoms with Gasteiger partial charge in [0.1, 0.15) is 5.52 Å². The molecule has 0 fully saturated rings. The second-order valence-electron chi connectivity index (χ2n) is 4.67. The Balaban J connectivity index is 2.13. The highest BCUT2D eigenvalue weighted by molar-refractivity contribution is 5.76. The van der Waals surface area contributed by atoms with E-state index < -0.39 is 0 Å². The topological polar surface area (TPSA) is 29.3 Å². The highest BCUT2D eigenvalue weighted by atomic mass is 16.3. The van der Waals surface area contributed by atoms with Crippen LogP contribution in [0, 0.1) is 0 Å². The minimum Gasteiger partial charge on any atom is -0.462 e. The van der Waals surface area contributed by atoms with Gasteiger partial charge >= 0.3 is 0 Å². The molecule has 0 aromatic carbocycles. The van der Waals surface area contributed by atoms with Crippen LogP contribution in [0.5, 0.6) is 0 Å². The molecule has 3 heteroatoms. The monoisotopic (exact) mass is 232 g/mol. The largest absolute Gasteiger partial charge is 0.462 e. The van der Waals surface area contributed by atoms with Crippen LogP contribution in [-0.4, -0.2) is 30.5 Å². The minimum absolute atomic E-state index is 0.901. The Morgan fingerprint density at radius 2 is 2.12 bits per heavy atom. The van der Waals surface area contributed by atoms with Crippen LogP contribution in [0.4, 0.5) is 0 Å². The molecule has 0 bridgehead atoms. The van der Waals surface area contributed by atoms with Gasteiger partial charge < -0.3 is 9.32 Å². The van der Waals surface area contributed by atoms with Crippen molar-refractivity contribution in [1.82, 2.24) is 9.88 Å². The Morgan fingerprint density at radius 1 is 1.29 bits per heavy atom. The molecule has 0 aliphatic rings. The number of hydrogen-bond acceptors (Lipinski definition) is 3. The van der Waals surface area contributed by atoms with Gasteiger partial charge in [-0.05, 0) is 52.0 Å². The molecule has 0 atom stereocenters. The molecule has 0 radical (unpaired) electrons.